The Morgan fingerprint density at radius 2 is 2.06 bits per heavy atom. The maximum atomic E-state index is 12.3. The van der Waals surface area contributed by atoms with E-state index in [2.05, 4.69) is 6.07 Å². The zero-order valence-corrected chi connectivity index (χ0v) is 10.1. The minimum absolute atomic E-state index is 0.125. The first-order chi connectivity index (χ1) is 8.65. The second kappa shape index (κ2) is 4.76. The number of nitrogens with two attached hydrogens (primary N) is 1. The number of anilines is 1. The quantitative estimate of drug-likeness (QED) is 0.656. The highest BCUT2D eigenvalue weighted by molar-refractivity contribution is 6.11. The highest BCUT2D eigenvalue weighted by Crippen LogP contribution is 2.18. The number of nitrogens with zero attached hydrogens (tertiary/aromatic N) is 2. The lowest BCUT2D eigenvalue weighted by molar-refractivity contribution is 0.103. The molecule has 0 saturated heterocycles. The van der Waals surface area contributed by atoms with Crippen LogP contribution in [0.3, 0.4) is 0 Å². The van der Waals surface area contributed by atoms with Crippen LogP contribution in [0.1, 0.15) is 21.7 Å². The molecule has 1 aromatic carbocycles. The number of nitrogen functional groups attached to an aromatic ring is 1. The van der Waals surface area contributed by atoms with Crippen molar-refractivity contribution in [1.82, 2.24) is 4.57 Å². The van der Waals surface area contributed by atoms with Crippen LogP contribution < -0.4 is 5.73 Å². The Balaban J connectivity index is 2.42. The van der Waals surface area contributed by atoms with Gasteiger partial charge in [-0.15, -0.1) is 0 Å². The third-order valence-electron chi connectivity index (χ3n) is 2.92. The van der Waals surface area contributed by atoms with Crippen molar-refractivity contribution in [3.63, 3.8) is 0 Å². The Bertz CT molecular complexity index is 635. The molecule has 18 heavy (non-hydrogen) atoms. The predicted octanol–water partition coefficient (Wildman–Crippen LogP) is 1.90. The molecule has 4 nitrogen and oxygen atoms in total. The van der Waals surface area contributed by atoms with E-state index in [1.165, 1.54) is 0 Å². The third-order valence-corrected chi connectivity index (χ3v) is 2.92. The van der Waals surface area contributed by atoms with Gasteiger partial charge in [0.25, 0.3) is 0 Å². The first kappa shape index (κ1) is 11.9. The van der Waals surface area contributed by atoms with Gasteiger partial charge in [-0.3, -0.25) is 4.79 Å². The van der Waals surface area contributed by atoms with E-state index in [1.54, 1.807) is 48.0 Å². The Hall–Kier alpha value is -2.54. The van der Waals surface area contributed by atoms with Gasteiger partial charge in [-0.25, -0.2) is 0 Å². The zero-order valence-electron chi connectivity index (χ0n) is 10.1. The maximum Gasteiger partial charge on any atom is 0.211 e. The minimum atomic E-state index is -0.125. The van der Waals surface area contributed by atoms with Crippen LogP contribution in [0.2, 0.25) is 0 Å². The van der Waals surface area contributed by atoms with Gasteiger partial charge < -0.3 is 10.3 Å². The van der Waals surface area contributed by atoms with Crippen molar-refractivity contribution < 1.29 is 4.79 Å². The van der Waals surface area contributed by atoms with Gasteiger partial charge in [0.1, 0.15) is 0 Å². The molecule has 0 aliphatic heterocycles. The number of hydrogen-bond acceptors (Lipinski definition) is 3. The highest BCUT2D eigenvalue weighted by atomic mass is 16.1. The van der Waals surface area contributed by atoms with Crippen LogP contribution in [0.4, 0.5) is 5.69 Å². The zero-order chi connectivity index (χ0) is 13.1. The van der Waals surface area contributed by atoms with Gasteiger partial charge >= 0.3 is 0 Å². The van der Waals surface area contributed by atoms with E-state index < -0.39 is 0 Å². The first-order valence-corrected chi connectivity index (χ1v) is 5.56. The van der Waals surface area contributed by atoms with Crippen LogP contribution in [0.15, 0.2) is 36.4 Å². The average Bonchev–Trinajstić information content (AvgIpc) is 2.72. The molecule has 4 heteroatoms. The number of hydrogen-bond donors (Lipinski definition) is 1. The molecule has 0 spiro atoms. The van der Waals surface area contributed by atoms with Crippen molar-refractivity contribution in [2.75, 3.05) is 5.73 Å². The van der Waals surface area contributed by atoms with Crippen molar-refractivity contribution in [2.45, 2.75) is 6.42 Å². The average molecular weight is 239 g/mol. The number of ketones is 1. The molecule has 0 atom stereocenters. The van der Waals surface area contributed by atoms with E-state index in [0.717, 1.165) is 5.69 Å². The molecule has 0 saturated carbocycles. The Kier molecular flexibility index (Phi) is 3.16. The fourth-order valence-electron chi connectivity index (χ4n) is 1.88. The molecule has 2 aromatic rings. The smallest absolute Gasteiger partial charge is 0.211 e. The molecule has 0 aliphatic rings. The van der Waals surface area contributed by atoms with Gasteiger partial charge in [0, 0.05) is 24.0 Å². The molecule has 0 amide bonds. The first-order valence-electron chi connectivity index (χ1n) is 5.56. The summed E-state index contributed by atoms with van der Waals surface area (Å²) < 4.78 is 1.73. The van der Waals surface area contributed by atoms with Crippen molar-refractivity contribution in [1.29, 1.82) is 5.26 Å². The van der Waals surface area contributed by atoms with Gasteiger partial charge in [-0.2, -0.15) is 5.26 Å². The van der Waals surface area contributed by atoms with Crippen molar-refractivity contribution in [3.8, 4) is 6.07 Å². The minimum Gasteiger partial charge on any atom is -0.398 e. The fourth-order valence-corrected chi connectivity index (χ4v) is 1.88. The van der Waals surface area contributed by atoms with Crippen molar-refractivity contribution >= 4 is 11.5 Å². The summed E-state index contributed by atoms with van der Waals surface area (Å²) in [5.41, 5.74) is 8.10. The van der Waals surface area contributed by atoms with E-state index in [9.17, 15) is 4.79 Å². The SMILES string of the molecule is Cn1c(CC#N)ccc1C(=O)c1ccccc1N. The van der Waals surface area contributed by atoms with Crippen LogP contribution in [-0.4, -0.2) is 10.4 Å². The van der Waals surface area contributed by atoms with Gasteiger partial charge in [-0.1, -0.05) is 12.1 Å². The van der Waals surface area contributed by atoms with E-state index in [-0.39, 0.29) is 12.2 Å². The van der Waals surface area contributed by atoms with E-state index >= 15 is 0 Å². The molecule has 90 valence electrons. The van der Waals surface area contributed by atoms with Crippen LogP contribution in [0, 0.1) is 11.3 Å². The molecule has 2 N–H and O–H groups in total. The standard InChI is InChI=1S/C14H13N3O/c1-17-10(8-9-15)6-7-13(17)14(18)11-4-2-3-5-12(11)16/h2-7H,8,16H2,1H3. The summed E-state index contributed by atoms with van der Waals surface area (Å²) in [7, 11) is 1.78. The third kappa shape index (κ3) is 1.98. The molecule has 1 heterocycles. The fraction of sp³-hybridized carbons (Fsp3) is 0.143. The van der Waals surface area contributed by atoms with E-state index in [4.69, 9.17) is 11.0 Å². The van der Waals surface area contributed by atoms with Gasteiger partial charge in [0.2, 0.25) is 5.78 Å². The largest absolute Gasteiger partial charge is 0.398 e. The summed E-state index contributed by atoms with van der Waals surface area (Å²) in [6, 6.07) is 12.6. The van der Waals surface area contributed by atoms with Crippen LogP contribution in [0.25, 0.3) is 0 Å². The Morgan fingerprint density at radius 1 is 1.33 bits per heavy atom. The number of nitriles is 1. The van der Waals surface area contributed by atoms with Crippen LogP contribution in [-0.2, 0) is 13.5 Å². The number of para-hydroxylation sites is 1. The molecular weight excluding hydrogens is 226 g/mol. The molecule has 0 bridgehead atoms. The summed E-state index contributed by atoms with van der Waals surface area (Å²) in [4.78, 5) is 12.3. The molecule has 2 rings (SSSR count). The van der Waals surface area contributed by atoms with Crippen molar-refractivity contribution in [3.05, 3.63) is 53.3 Å². The van der Waals surface area contributed by atoms with Gasteiger partial charge in [0.15, 0.2) is 0 Å². The van der Waals surface area contributed by atoms with Crippen LogP contribution >= 0.6 is 0 Å². The number of carbonyl (C=O) groups is 1. The normalized spacial score (nSPS) is 10.0. The second-order valence-electron chi connectivity index (χ2n) is 4.02. The highest BCUT2D eigenvalue weighted by Gasteiger charge is 2.16. The van der Waals surface area contributed by atoms with Gasteiger partial charge in [-0.05, 0) is 24.3 Å². The molecular formula is C14H13N3O. The summed E-state index contributed by atoms with van der Waals surface area (Å²) in [5, 5.41) is 8.68. The Labute approximate surface area is 105 Å². The summed E-state index contributed by atoms with van der Waals surface area (Å²) >= 11 is 0. The molecule has 1 aromatic heterocycles. The summed E-state index contributed by atoms with van der Waals surface area (Å²) in [5.74, 6) is -0.125. The van der Waals surface area contributed by atoms with E-state index in [1.807, 2.05) is 0 Å². The monoisotopic (exact) mass is 239 g/mol. The van der Waals surface area contributed by atoms with E-state index in [0.29, 0.717) is 16.9 Å². The molecule has 0 aliphatic carbocycles. The summed E-state index contributed by atoms with van der Waals surface area (Å²) in [6.45, 7) is 0. The predicted molar refractivity (Wildman–Crippen MR) is 69.0 cm³/mol. The van der Waals surface area contributed by atoms with Gasteiger partial charge in [0.05, 0.1) is 18.2 Å². The van der Waals surface area contributed by atoms with Crippen molar-refractivity contribution in [2.24, 2.45) is 7.05 Å². The molecule has 0 radical (unpaired) electrons. The number of carbonyl (C=O) groups excluding carboxylic acids is 1. The maximum absolute atomic E-state index is 12.3. The Morgan fingerprint density at radius 3 is 2.72 bits per heavy atom. The number of benzene rings is 1. The number of aromatic nitrogens is 1. The molecule has 0 unspecified atom stereocenters. The lowest BCUT2D eigenvalue weighted by Gasteiger charge is -2.07. The number of rotatable bonds is 3. The van der Waals surface area contributed by atoms with Crippen LogP contribution in [0.5, 0.6) is 0 Å². The second-order valence-corrected chi connectivity index (χ2v) is 4.02. The lowest BCUT2D eigenvalue weighted by Crippen LogP contribution is -2.10. The topological polar surface area (TPSA) is 71.8 Å². The molecule has 0 fully saturated rings. The summed E-state index contributed by atoms with van der Waals surface area (Å²) in [6.07, 6.45) is 0.286. The lowest BCUT2D eigenvalue weighted by atomic mass is 10.1.